The van der Waals surface area contributed by atoms with Crippen molar-refractivity contribution in [3.05, 3.63) is 59.8 Å². The van der Waals surface area contributed by atoms with E-state index in [9.17, 15) is 4.79 Å². The molecule has 176 valence electrons. The van der Waals surface area contributed by atoms with Gasteiger partial charge in [-0.25, -0.2) is 4.68 Å². The van der Waals surface area contributed by atoms with E-state index >= 15 is 0 Å². The van der Waals surface area contributed by atoms with Crippen LogP contribution in [-0.4, -0.2) is 33.9 Å². The number of para-hydroxylation sites is 1. The second-order valence-corrected chi connectivity index (χ2v) is 10.4. The zero-order valence-corrected chi connectivity index (χ0v) is 20.1. The smallest absolute Gasteiger partial charge is 0.235 e. The molecule has 3 aromatic rings. The Hall–Kier alpha value is -3.12. The summed E-state index contributed by atoms with van der Waals surface area (Å²) < 4.78 is 8.67. The molecule has 2 unspecified atom stereocenters. The van der Waals surface area contributed by atoms with Gasteiger partial charge in [-0.1, -0.05) is 24.6 Å². The molecule has 1 saturated carbocycles. The Bertz CT molecular complexity index is 1230. The van der Waals surface area contributed by atoms with Crippen LogP contribution in [0.3, 0.4) is 0 Å². The zero-order valence-electron chi connectivity index (χ0n) is 20.1. The number of hydrogen-bond acceptors (Lipinski definition) is 4. The SMILES string of the molecule is Cc1cc(-c2cc(OC3CC(C)NC(C)C3)c3c(c2)C2(CCC2)C(=O)N3)n(-c2ccccc2)n1. The molecule has 1 saturated heterocycles. The quantitative estimate of drug-likeness (QED) is 0.571. The van der Waals surface area contributed by atoms with Crippen molar-refractivity contribution in [2.75, 3.05) is 5.32 Å². The molecular formula is C28H32N4O2. The summed E-state index contributed by atoms with van der Waals surface area (Å²) >= 11 is 0. The van der Waals surface area contributed by atoms with E-state index in [2.05, 4.69) is 54.8 Å². The molecule has 2 atom stereocenters. The number of nitrogens with one attached hydrogen (secondary N) is 2. The van der Waals surface area contributed by atoms with Crippen LogP contribution in [0.1, 0.15) is 57.2 Å². The third-order valence-electron chi connectivity index (χ3n) is 7.72. The molecule has 6 heteroatoms. The topological polar surface area (TPSA) is 68.2 Å². The predicted molar refractivity (Wildman–Crippen MR) is 134 cm³/mol. The van der Waals surface area contributed by atoms with E-state index in [4.69, 9.17) is 9.84 Å². The first-order chi connectivity index (χ1) is 16.4. The van der Waals surface area contributed by atoms with Crippen molar-refractivity contribution in [1.29, 1.82) is 0 Å². The van der Waals surface area contributed by atoms with Gasteiger partial charge in [0.2, 0.25) is 5.91 Å². The van der Waals surface area contributed by atoms with Gasteiger partial charge in [0.05, 0.1) is 28.2 Å². The Morgan fingerprint density at radius 2 is 1.79 bits per heavy atom. The van der Waals surface area contributed by atoms with E-state index in [0.29, 0.717) is 12.1 Å². The Morgan fingerprint density at radius 3 is 2.47 bits per heavy atom. The summed E-state index contributed by atoms with van der Waals surface area (Å²) in [6, 6.07) is 17.4. The van der Waals surface area contributed by atoms with E-state index in [1.807, 2.05) is 29.8 Å². The summed E-state index contributed by atoms with van der Waals surface area (Å²) in [6.07, 6.45) is 4.88. The molecule has 3 heterocycles. The maximum atomic E-state index is 13.1. The van der Waals surface area contributed by atoms with Crippen LogP contribution < -0.4 is 15.4 Å². The number of piperidine rings is 1. The summed E-state index contributed by atoms with van der Waals surface area (Å²) in [6.45, 7) is 6.43. The van der Waals surface area contributed by atoms with Gasteiger partial charge in [-0.3, -0.25) is 4.79 Å². The number of anilines is 1. The van der Waals surface area contributed by atoms with Gasteiger partial charge < -0.3 is 15.4 Å². The fourth-order valence-electron chi connectivity index (χ4n) is 6.00. The van der Waals surface area contributed by atoms with Crippen LogP contribution in [0.4, 0.5) is 5.69 Å². The van der Waals surface area contributed by atoms with Crippen LogP contribution in [0, 0.1) is 6.92 Å². The van der Waals surface area contributed by atoms with Gasteiger partial charge in [0.25, 0.3) is 0 Å². The van der Waals surface area contributed by atoms with Gasteiger partial charge in [0.15, 0.2) is 0 Å². The fraction of sp³-hybridized carbons (Fsp3) is 0.429. The van der Waals surface area contributed by atoms with E-state index in [-0.39, 0.29) is 12.0 Å². The average Bonchev–Trinajstić information content (AvgIpc) is 3.30. The molecule has 0 bridgehead atoms. The third kappa shape index (κ3) is 3.43. The third-order valence-corrected chi connectivity index (χ3v) is 7.72. The molecular weight excluding hydrogens is 424 g/mol. The van der Waals surface area contributed by atoms with Gasteiger partial charge in [-0.2, -0.15) is 5.10 Å². The normalized spacial score (nSPS) is 25.0. The van der Waals surface area contributed by atoms with Gasteiger partial charge in [0, 0.05) is 17.6 Å². The summed E-state index contributed by atoms with van der Waals surface area (Å²) in [5.41, 5.74) is 5.57. The molecule has 6 rings (SSSR count). The molecule has 3 aliphatic rings. The van der Waals surface area contributed by atoms with Crippen molar-refractivity contribution in [1.82, 2.24) is 15.1 Å². The largest absolute Gasteiger partial charge is 0.488 e. The van der Waals surface area contributed by atoms with Crippen molar-refractivity contribution in [3.63, 3.8) is 0 Å². The number of ether oxygens (including phenoxy) is 1. The number of carbonyl (C=O) groups excluding carboxylic acids is 1. The second kappa shape index (κ2) is 7.98. The number of aryl methyl sites for hydroxylation is 1. The van der Waals surface area contributed by atoms with Gasteiger partial charge in [-0.15, -0.1) is 0 Å². The number of nitrogens with zero attached hydrogens (tertiary/aromatic N) is 2. The molecule has 2 fully saturated rings. The first kappa shape index (κ1) is 21.4. The molecule has 1 aromatic heterocycles. The van der Waals surface area contributed by atoms with Crippen LogP contribution in [0.5, 0.6) is 5.75 Å². The first-order valence-electron chi connectivity index (χ1n) is 12.5. The highest BCUT2D eigenvalue weighted by atomic mass is 16.5. The lowest BCUT2D eigenvalue weighted by atomic mass is 9.65. The van der Waals surface area contributed by atoms with E-state index in [1.54, 1.807) is 0 Å². The minimum absolute atomic E-state index is 0.112. The number of fused-ring (bicyclic) bond motifs is 2. The molecule has 6 nitrogen and oxygen atoms in total. The van der Waals surface area contributed by atoms with Crippen LogP contribution in [0.15, 0.2) is 48.5 Å². The average molecular weight is 457 g/mol. The monoisotopic (exact) mass is 456 g/mol. The highest BCUT2D eigenvalue weighted by Crippen LogP contribution is 2.55. The number of benzene rings is 2. The second-order valence-electron chi connectivity index (χ2n) is 10.4. The number of rotatable bonds is 4. The van der Waals surface area contributed by atoms with E-state index in [0.717, 1.165) is 71.7 Å². The number of carbonyl (C=O) groups is 1. The summed E-state index contributed by atoms with van der Waals surface area (Å²) in [5.74, 6) is 0.907. The van der Waals surface area contributed by atoms with Crippen molar-refractivity contribution < 1.29 is 9.53 Å². The molecule has 0 radical (unpaired) electrons. The Labute approximate surface area is 200 Å². The van der Waals surface area contributed by atoms with Gasteiger partial charge in [0.1, 0.15) is 11.9 Å². The highest BCUT2D eigenvalue weighted by Gasteiger charge is 2.52. The van der Waals surface area contributed by atoms with E-state index < -0.39 is 5.41 Å². The van der Waals surface area contributed by atoms with Crippen molar-refractivity contribution in [3.8, 4) is 22.7 Å². The van der Waals surface area contributed by atoms with Gasteiger partial charge in [-0.05, 0) is 82.3 Å². The maximum Gasteiger partial charge on any atom is 0.235 e. The van der Waals surface area contributed by atoms with Gasteiger partial charge >= 0.3 is 0 Å². The van der Waals surface area contributed by atoms with Crippen LogP contribution in [0.2, 0.25) is 0 Å². The van der Waals surface area contributed by atoms with Crippen LogP contribution in [-0.2, 0) is 10.2 Å². The molecule has 2 N–H and O–H groups in total. The summed E-state index contributed by atoms with van der Waals surface area (Å²) in [7, 11) is 0. The highest BCUT2D eigenvalue weighted by molar-refractivity contribution is 6.09. The summed E-state index contributed by atoms with van der Waals surface area (Å²) in [4.78, 5) is 13.1. The lowest BCUT2D eigenvalue weighted by Crippen LogP contribution is -2.46. The van der Waals surface area contributed by atoms with Crippen molar-refractivity contribution >= 4 is 11.6 Å². The molecule has 1 aliphatic carbocycles. The van der Waals surface area contributed by atoms with Crippen LogP contribution >= 0.6 is 0 Å². The lowest BCUT2D eigenvalue weighted by molar-refractivity contribution is -0.123. The lowest BCUT2D eigenvalue weighted by Gasteiger charge is -2.36. The Kier molecular flexibility index (Phi) is 5.03. The molecule has 1 spiro atoms. The zero-order chi connectivity index (χ0) is 23.4. The maximum absolute atomic E-state index is 13.1. The van der Waals surface area contributed by atoms with Crippen LogP contribution in [0.25, 0.3) is 16.9 Å². The number of hydrogen-bond donors (Lipinski definition) is 2. The number of aromatic nitrogens is 2. The Balaban J connectivity index is 1.48. The van der Waals surface area contributed by atoms with Crippen molar-refractivity contribution in [2.45, 2.75) is 76.5 Å². The predicted octanol–water partition coefficient (Wildman–Crippen LogP) is 5.13. The minimum atomic E-state index is -0.412. The molecule has 2 aromatic carbocycles. The minimum Gasteiger partial charge on any atom is -0.488 e. The van der Waals surface area contributed by atoms with Crippen molar-refractivity contribution in [2.24, 2.45) is 0 Å². The standard InChI is InChI=1S/C28H32N4O2/c1-17-12-22(13-18(2)29-17)34-25-16-20(15-23-26(25)30-27(33)28(23)10-7-11-28)24-14-19(3)31-32(24)21-8-5-4-6-9-21/h4-6,8-9,14-18,22,29H,7,10-13H2,1-3H3,(H,30,33). The number of amides is 1. The molecule has 34 heavy (non-hydrogen) atoms. The fourth-order valence-corrected chi connectivity index (χ4v) is 6.00. The van der Waals surface area contributed by atoms with E-state index in [1.165, 1.54) is 0 Å². The Morgan fingerprint density at radius 1 is 1.06 bits per heavy atom. The summed E-state index contributed by atoms with van der Waals surface area (Å²) in [5, 5.41) is 11.6. The molecule has 1 amide bonds. The first-order valence-corrected chi connectivity index (χ1v) is 12.5. The molecule has 2 aliphatic heterocycles.